The fourth-order valence-electron chi connectivity index (χ4n) is 2.82. The average Bonchev–Trinajstić information content (AvgIpc) is 3.68. The summed E-state index contributed by atoms with van der Waals surface area (Å²) in [7, 11) is 0. The Kier molecular flexibility index (Phi) is 6.97. The molecule has 0 spiro atoms. The summed E-state index contributed by atoms with van der Waals surface area (Å²) in [4.78, 5) is 37.7. The van der Waals surface area contributed by atoms with Crippen LogP contribution in [0.2, 0.25) is 5.02 Å². The van der Waals surface area contributed by atoms with Crippen molar-refractivity contribution in [1.29, 1.82) is 5.41 Å². The van der Waals surface area contributed by atoms with Gasteiger partial charge in [-0.05, 0) is 37.1 Å². The summed E-state index contributed by atoms with van der Waals surface area (Å²) in [5.41, 5.74) is 5.27. The highest BCUT2D eigenvalue weighted by Gasteiger charge is 2.26. The van der Waals surface area contributed by atoms with E-state index in [-0.39, 0.29) is 45.5 Å². The highest BCUT2D eigenvalue weighted by molar-refractivity contribution is 6.55. The molecule has 0 bridgehead atoms. The second-order valence-electron chi connectivity index (χ2n) is 7.53. The lowest BCUT2D eigenvalue weighted by Crippen LogP contribution is -2.28. The smallest absolute Gasteiger partial charge is 0.322 e. The standard InChI is InChI=1S/C23H19ClFN7O3/c24-18-17(7-8-28-21(18)27)35-23-30-9-15(10-31-23)32-22(34)16(11-29-14-5-6-14)20(33)19(26)12-1-3-13(25)4-2-12/h1-4,7-11,14,26,29H,5-6H2,(H2,27,28)(H,32,34)/b16-11+,26-19?. The van der Waals surface area contributed by atoms with E-state index in [1.807, 2.05) is 0 Å². The first-order chi connectivity index (χ1) is 16.8. The number of Topliss-reactive ketones (excluding diaryl/α,β-unsaturated/α-hetero) is 1. The number of ether oxygens (including phenoxy) is 1. The zero-order chi connectivity index (χ0) is 24.9. The number of halogens is 2. The Balaban J connectivity index is 1.48. The summed E-state index contributed by atoms with van der Waals surface area (Å²) in [5.74, 6) is -1.80. The van der Waals surface area contributed by atoms with Crippen molar-refractivity contribution in [2.45, 2.75) is 18.9 Å². The molecule has 2 aromatic heterocycles. The molecule has 10 nitrogen and oxygen atoms in total. The van der Waals surface area contributed by atoms with Crippen molar-refractivity contribution < 1.29 is 18.7 Å². The number of rotatable bonds is 9. The molecule has 1 aliphatic rings. The number of carbonyl (C=O) groups is 2. The van der Waals surface area contributed by atoms with Crippen LogP contribution < -0.4 is 21.1 Å². The molecule has 1 saturated carbocycles. The van der Waals surface area contributed by atoms with Crippen molar-refractivity contribution in [1.82, 2.24) is 20.3 Å². The van der Waals surface area contributed by atoms with Crippen LogP contribution in [0.15, 0.2) is 60.7 Å². The fourth-order valence-corrected chi connectivity index (χ4v) is 2.97. The van der Waals surface area contributed by atoms with Gasteiger partial charge < -0.3 is 21.1 Å². The number of nitrogen functional groups attached to an aromatic ring is 1. The first kappa shape index (κ1) is 23.8. The minimum absolute atomic E-state index is 0.0594. The second-order valence-corrected chi connectivity index (χ2v) is 7.91. The molecule has 0 atom stereocenters. The Hall–Kier alpha value is -4.38. The molecule has 35 heavy (non-hydrogen) atoms. The molecule has 0 radical (unpaired) electrons. The summed E-state index contributed by atoms with van der Waals surface area (Å²) in [5, 5.41) is 13.8. The maximum atomic E-state index is 13.2. The van der Waals surface area contributed by atoms with Crippen molar-refractivity contribution in [2.24, 2.45) is 0 Å². The number of nitrogens with one attached hydrogen (secondary N) is 3. The van der Waals surface area contributed by atoms with Crippen molar-refractivity contribution in [3.63, 3.8) is 0 Å². The van der Waals surface area contributed by atoms with Gasteiger partial charge in [0.15, 0.2) is 5.75 Å². The minimum Gasteiger partial charge on any atom is -0.422 e. The Bertz CT molecular complexity index is 1310. The van der Waals surface area contributed by atoms with Gasteiger partial charge in [-0.25, -0.2) is 19.3 Å². The van der Waals surface area contributed by atoms with Crippen LogP contribution in [0.4, 0.5) is 15.9 Å². The number of hydrogen-bond donors (Lipinski definition) is 4. The normalized spacial score (nSPS) is 13.1. The molecule has 0 aliphatic heterocycles. The largest absolute Gasteiger partial charge is 0.422 e. The molecule has 2 heterocycles. The van der Waals surface area contributed by atoms with Gasteiger partial charge in [-0.1, -0.05) is 11.6 Å². The van der Waals surface area contributed by atoms with Crippen LogP contribution in [0.1, 0.15) is 18.4 Å². The van der Waals surface area contributed by atoms with Gasteiger partial charge in [0.05, 0.1) is 18.1 Å². The zero-order valence-electron chi connectivity index (χ0n) is 18.1. The molecule has 0 unspecified atom stereocenters. The average molecular weight is 496 g/mol. The van der Waals surface area contributed by atoms with Gasteiger partial charge in [0, 0.05) is 30.1 Å². The lowest BCUT2D eigenvalue weighted by Gasteiger charge is -2.11. The molecule has 3 aromatic rings. The molecule has 1 aromatic carbocycles. The van der Waals surface area contributed by atoms with Crippen LogP contribution >= 0.6 is 11.6 Å². The molecule has 4 rings (SSSR count). The number of pyridine rings is 1. The molecule has 0 saturated heterocycles. The van der Waals surface area contributed by atoms with E-state index in [2.05, 4.69) is 25.6 Å². The van der Waals surface area contributed by atoms with E-state index in [1.165, 1.54) is 43.0 Å². The van der Waals surface area contributed by atoms with E-state index < -0.39 is 23.2 Å². The molecule has 12 heteroatoms. The SMILES string of the molecule is N=C(C(=O)/C(=C\NC1CC1)C(=O)Nc1cnc(Oc2ccnc(N)c2Cl)nc1)c1ccc(F)cc1. The summed E-state index contributed by atoms with van der Waals surface area (Å²) in [6.07, 6.45) is 7.09. The van der Waals surface area contributed by atoms with Gasteiger partial charge in [0.25, 0.3) is 5.91 Å². The molecule has 178 valence electrons. The van der Waals surface area contributed by atoms with Gasteiger partial charge in [0.1, 0.15) is 27.9 Å². The van der Waals surface area contributed by atoms with Crippen LogP contribution in [-0.4, -0.2) is 38.4 Å². The number of hydrogen-bond acceptors (Lipinski definition) is 9. The summed E-state index contributed by atoms with van der Waals surface area (Å²) in [6.45, 7) is 0. The summed E-state index contributed by atoms with van der Waals surface area (Å²) < 4.78 is 18.7. The Morgan fingerprint density at radius 1 is 1.14 bits per heavy atom. The summed E-state index contributed by atoms with van der Waals surface area (Å²) in [6, 6.07) is 6.47. The first-order valence-electron chi connectivity index (χ1n) is 10.4. The third-order valence-electron chi connectivity index (χ3n) is 4.86. The minimum atomic E-state index is -0.826. The Morgan fingerprint density at radius 2 is 1.83 bits per heavy atom. The van der Waals surface area contributed by atoms with Gasteiger partial charge in [-0.3, -0.25) is 15.0 Å². The number of ketones is 1. The molecular weight excluding hydrogens is 477 g/mol. The third-order valence-corrected chi connectivity index (χ3v) is 5.24. The lowest BCUT2D eigenvalue weighted by atomic mass is 10.0. The maximum absolute atomic E-state index is 13.2. The van der Waals surface area contributed by atoms with Crippen molar-refractivity contribution in [3.05, 3.63) is 77.1 Å². The Labute approximate surface area is 203 Å². The van der Waals surface area contributed by atoms with E-state index in [9.17, 15) is 14.0 Å². The van der Waals surface area contributed by atoms with Crippen LogP contribution in [-0.2, 0) is 9.59 Å². The summed E-state index contributed by atoms with van der Waals surface area (Å²) >= 11 is 6.04. The van der Waals surface area contributed by atoms with Crippen LogP contribution in [0.25, 0.3) is 0 Å². The fraction of sp³-hybridized carbons (Fsp3) is 0.130. The Morgan fingerprint density at radius 3 is 2.49 bits per heavy atom. The molecular formula is C23H19ClFN7O3. The van der Waals surface area contributed by atoms with E-state index in [4.69, 9.17) is 27.5 Å². The highest BCUT2D eigenvalue weighted by Crippen LogP contribution is 2.30. The van der Waals surface area contributed by atoms with Gasteiger partial charge in [-0.15, -0.1) is 0 Å². The lowest BCUT2D eigenvalue weighted by molar-refractivity contribution is -0.117. The van der Waals surface area contributed by atoms with Gasteiger partial charge >= 0.3 is 6.01 Å². The van der Waals surface area contributed by atoms with Crippen molar-refractivity contribution >= 4 is 40.5 Å². The second kappa shape index (κ2) is 10.3. The molecule has 1 fully saturated rings. The van der Waals surface area contributed by atoms with Gasteiger partial charge in [0.2, 0.25) is 5.78 Å². The highest BCUT2D eigenvalue weighted by atomic mass is 35.5. The van der Waals surface area contributed by atoms with E-state index in [0.29, 0.717) is 0 Å². The van der Waals surface area contributed by atoms with E-state index in [1.54, 1.807) is 0 Å². The maximum Gasteiger partial charge on any atom is 0.322 e. The first-order valence-corrected chi connectivity index (χ1v) is 10.8. The predicted octanol–water partition coefficient (Wildman–Crippen LogP) is 3.25. The third kappa shape index (κ3) is 5.95. The van der Waals surface area contributed by atoms with Crippen LogP contribution in [0.5, 0.6) is 11.8 Å². The molecule has 5 N–H and O–H groups in total. The van der Waals surface area contributed by atoms with Crippen LogP contribution in [0, 0.1) is 11.2 Å². The number of nitrogens with two attached hydrogens (primary N) is 1. The van der Waals surface area contributed by atoms with Crippen molar-refractivity contribution in [3.8, 4) is 11.8 Å². The zero-order valence-corrected chi connectivity index (χ0v) is 18.8. The van der Waals surface area contributed by atoms with E-state index in [0.717, 1.165) is 25.0 Å². The van der Waals surface area contributed by atoms with E-state index >= 15 is 0 Å². The topological polar surface area (TPSA) is 156 Å². The predicted molar refractivity (Wildman–Crippen MR) is 127 cm³/mol. The monoisotopic (exact) mass is 495 g/mol. The quantitative estimate of drug-likeness (QED) is 0.152. The number of benzene rings is 1. The molecule has 1 aliphatic carbocycles. The number of nitrogens with zero attached hydrogens (tertiary/aromatic N) is 3. The van der Waals surface area contributed by atoms with Crippen LogP contribution in [0.3, 0.4) is 0 Å². The number of amides is 1. The number of carbonyl (C=O) groups excluding carboxylic acids is 2. The van der Waals surface area contributed by atoms with Crippen molar-refractivity contribution in [2.75, 3.05) is 11.1 Å². The number of anilines is 2. The van der Waals surface area contributed by atoms with Gasteiger partial charge in [-0.2, -0.15) is 0 Å². The number of aromatic nitrogens is 3. The molecule has 1 amide bonds.